The lowest BCUT2D eigenvalue weighted by molar-refractivity contribution is 0.549. The van der Waals surface area contributed by atoms with Crippen molar-refractivity contribution < 1.29 is 4.39 Å². The van der Waals surface area contributed by atoms with Crippen LogP contribution in [0, 0.1) is 5.82 Å². The van der Waals surface area contributed by atoms with Crippen LogP contribution in [0.4, 0.5) is 4.39 Å². The summed E-state index contributed by atoms with van der Waals surface area (Å²) in [6.07, 6.45) is 1.64. The number of aryl methyl sites for hydroxylation is 1. The number of rotatable bonds is 4. The van der Waals surface area contributed by atoms with E-state index in [4.69, 9.17) is 11.6 Å². The van der Waals surface area contributed by atoms with Gasteiger partial charge in [0.2, 0.25) is 0 Å². The molecule has 2 aromatic rings. The van der Waals surface area contributed by atoms with Crippen LogP contribution in [0.5, 0.6) is 0 Å². The fraction of sp³-hybridized carbons (Fsp3) is 0.333. The van der Waals surface area contributed by atoms with Crippen LogP contribution in [-0.4, -0.2) is 14.8 Å². The second kappa shape index (κ2) is 5.46. The zero-order chi connectivity index (χ0) is 13.1. The third kappa shape index (κ3) is 3.05. The molecule has 0 spiro atoms. The maximum absolute atomic E-state index is 13.3. The minimum absolute atomic E-state index is 0.000530. The lowest BCUT2D eigenvalue weighted by atomic mass is 10.1. The molecule has 0 aliphatic heterocycles. The first kappa shape index (κ1) is 13.0. The smallest absolute Gasteiger partial charge is 0.164 e. The maximum Gasteiger partial charge on any atom is 0.164 e. The normalized spacial score (nSPS) is 12.7. The maximum atomic E-state index is 13.3. The summed E-state index contributed by atoms with van der Waals surface area (Å²) in [6.45, 7) is 2.48. The predicted molar refractivity (Wildman–Crippen MR) is 67.7 cm³/mol. The Labute approximate surface area is 110 Å². The Kier molecular flexibility index (Phi) is 3.93. The summed E-state index contributed by atoms with van der Waals surface area (Å²) in [5.74, 6) is 0.303. The van der Waals surface area contributed by atoms with E-state index in [1.807, 2.05) is 14.0 Å². The van der Waals surface area contributed by atoms with Crippen molar-refractivity contribution in [1.82, 2.24) is 20.1 Å². The van der Waals surface area contributed by atoms with Gasteiger partial charge < -0.3 is 5.32 Å². The van der Waals surface area contributed by atoms with Gasteiger partial charge in [-0.2, -0.15) is 5.10 Å². The molecular weight excluding hydrogens is 255 g/mol. The highest BCUT2D eigenvalue weighted by Gasteiger charge is 2.09. The monoisotopic (exact) mass is 268 g/mol. The van der Waals surface area contributed by atoms with Crippen molar-refractivity contribution in [3.63, 3.8) is 0 Å². The van der Waals surface area contributed by atoms with Crippen molar-refractivity contribution in [2.45, 2.75) is 19.5 Å². The predicted octanol–water partition coefficient (Wildman–Crippen LogP) is 2.46. The average Bonchev–Trinajstić information content (AvgIpc) is 2.75. The van der Waals surface area contributed by atoms with Crippen molar-refractivity contribution in [2.75, 3.05) is 0 Å². The molecule has 1 heterocycles. The summed E-state index contributed by atoms with van der Waals surface area (Å²) in [7, 11) is 1.81. The van der Waals surface area contributed by atoms with Crippen LogP contribution in [0.3, 0.4) is 0 Å². The highest BCUT2D eigenvalue weighted by atomic mass is 35.5. The first-order valence-corrected chi connectivity index (χ1v) is 5.97. The van der Waals surface area contributed by atoms with Crippen molar-refractivity contribution in [3.05, 3.63) is 46.8 Å². The zero-order valence-electron chi connectivity index (χ0n) is 10.2. The summed E-state index contributed by atoms with van der Waals surface area (Å²) in [6, 6.07) is 4.80. The van der Waals surface area contributed by atoms with Gasteiger partial charge in [-0.25, -0.2) is 9.37 Å². The van der Waals surface area contributed by atoms with E-state index < -0.39 is 5.82 Å². The summed E-state index contributed by atoms with van der Waals surface area (Å²) in [5, 5.41) is 7.52. The Hall–Kier alpha value is -1.46. The van der Waals surface area contributed by atoms with Gasteiger partial charge in [-0.3, -0.25) is 4.68 Å². The molecule has 1 atom stereocenters. The van der Waals surface area contributed by atoms with Crippen molar-refractivity contribution in [3.8, 4) is 0 Å². The van der Waals surface area contributed by atoms with Gasteiger partial charge in [0, 0.05) is 13.1 Å². The highest BCUT2D eigenvalue weighted by molar-refractivity contribution is 6.30. The van der Waals surface area contributed by atoms with Gasteiger partial charge in [-0.1, -0.05) is 17.7 Å². The van der Waals surface area contributed by atoms with Gasteiger partial charge in [0.25, 0.3) is 0 Å². The SMILES string of the molecule is CC(NCc1ncn(C)n1)c1ccc(Cl)c(F)c1. The lowest BCUT2D eigenvalue weighted by Crippen LogP contribution is -2.19. The van der Waals surface area contributed by atoms with Crippen LogP contribution < -0.4 is 5.32 Å². The molecule has 0 aliphatic carbocycles. The molecule has 1 aromatic heterocycles. The summed E-state index contributed by atoms with van der Waals surface area (Å²) >= 11 is 5.64. The molecule has 0 amide bonds. The van der Waals surface area contributed by atoms with Gasteiger partial charge >= 0.3 is 0 Å². The Bertz CT molecular complexity index is 541. The first-order chi connectivity index (χ1) is 8.56. The lowest BCUT2D eigenvalue weighted by Gasteiger charge is -2.13. The number of nitrogens with one attached hydrogen (secondary N) is 1. The Balaban J connectivity index is 1.99. The van der Waals surface area contributed by atoms with E-state index in [0.717, 1.165) is 5.56 Å². The van der Waals surface area contributed by atoms with E-state index in [9.17, 15) is 4.39 Å². The zero-order valence-corrected chi connectivity index (χ0v) is 10.9. The topological polar surface area (TPSA) is 42.7 Å². The van der Waals surface area contributed by atoms with Gasteiger partial charge in [-0.15, -0.1) is 0 Å². The molecule has 4 nitrogen and oxygen atoms in total. The molecule has 18 heavy (non-hydrogen) atoms. The van der Waals surface area contributed by atoms with Crippen LogP contribution >= 0.6 is 11.6 Å². The largest absolute Gasteiger partial charge is 0.303 e. The molecule has 2 rings (SSSR count). The van der Waals surface area contributed by atoms with Crippen molar-refractivity contribution in [2.24, 2.45) is 7.05 Å². The second-order valence-corrected chi connectivity index (χ2v) is 4.52. The average molecular weight is 269 g/mol. The van der Waals surface area contributed by atoms with E-state index in [2.05, 4.69) is 15.4 Å². The van der Waals surface area contributed by atoms with E-state index >= 15 is 0 Å². The molecule has 0 radical (unpaired) electrons. The second-order valence-electron chi connectivity index (χ2n) is 4.11. The molecule has 0 saturated carbocycles. The molecule has 0 saturated heterocycles. The summed E-state index contributed by atoms with van der Waals surface area (Å²) in [5.41, 5.74) is 0.841. The molecule has 0 aliphatic rings. The third-order valence-electron chi connectivity index (χ3n) is 2.66. The van der Waals surface area contributed by atoms with E-state index in [1.54, 1.807) is 23.1 Å². The first-order valence-electron chi connectivity index (χ1n) is 5.59. The fourth-order valence-corrected chi connectivity index (χ4v) is 1.73. The molecule has 0 fully saturated rings. The number of nitrogens with zero attached hydrogens (tertiary/aromatic N) is 3. The van der Waals surface area contributed by atoms with Gasteiger partial charge in [-0.05, 0) is 24.6 Å². The number of hydrogen-bond donors (Lipinski definition) is 1. The summed E-state index contributed by atoms with van der Waals surface area (Å²) in [4.78, 5) is 4.11. The molecule has 6 heteroatoms. The van der Waals surface area contributed by atoms with Crippen molar-refractivity contribution >= 4 is 11.6 Å². The molecule has 1 unspecified atom stereocenters. The molecule has 1 N–H and O–H groups in total. The Morgan fingerprint density at radius 3 is 2.89 bits per heavy atom. The fourth-order valence-electron chi connectivity index (χ4n) is 1.61. The van der Waals surface area contributed by atoms with Gasteiger partial charge in [0.15, 0.2) is 5.82 Å². The molecule has 1 aromatic carbocycles. The van der Waals surface area contributed by atoms with Crippen LogP contribution in [0.25, 0.3) is 0 Å². The van der Waals surface area contributed by atoms with Crippen LogP contribution in [0.2, 0.25) is 5.02 Å². The quantitative estimate of drug-likeness (QED) is 0.926. The van der Waals surface area contributed by atoms with Crippen LogP contribution in [-0.2, 0) is 13.6 Å². The minimum Gasteiger partial charge on any atom is -0.303 e. The molecule has 96 valence electrons. The third-order valence-corrected chi connectivity index (χ3v) is 2.96. The Morgan fingerprint density at radius 1 is 1.50 bits per heavy atom. The van der Waals surface area contributed by atoms with Crippen LogP contribution in [0.1, 0.15) is 24.4 Å². The number of halogens is 2. The van der Waals surface area contributed by atoms with Gasteiger partial charge in [0.05, 0.1) is 11.6 Å². The Morgan fingerprint density at radius 2 is 2.28 bits per heavy atom. The van der Waals surface area contributed by atoms with Crippen LogP contribution in [0.15, 0.2) is 24.5 Å². The summed E-state index contributed by atoms with van der Waals surface area (Å²) < 4.78 is 15.0. The van der Waals surface area contributed by atoms with E-state index in [0.29, 0.717) is 12.4 Å². The molecule has 0 bridgehead atoms. The number of aromatic nitrogens is 3. The van der Waals surface area contributed by atoms with E-state index in [-0.39, 0.29) is 11.1 Å². The number of benzene rings is 1. The highest BCUT2D eigenvalue weighted by Crippen LogP contribution is 2.20. The number of hydrogen-bond acceptors (Lipinski definition) is 3. The van der Waals surface area contributed by atoms with Gasteiger partial charge in [0.1, 0.15) is 12.1 Å². The standard InChI is InChI=1S/C12H14ClFN4/c1-8(9-3-4-10(13)11(14)5-9)15-6-12-16-7-18(2)17-12/h3-5,7-8,15H,6H2,1-2H3. The van der Waals surface area contributed by atoms with E-state index in [1.165, 1.54) is 6.07 Å². The van der Waals surface area contributed by atoms with Crippen molar-refractivity contribution in [1.29, 1.82) is 0 Å². The molecular formula is C12H14ClFN4. The minimum atomic E-state index is -0.404.